The Bertz CT molecular complexity index is 629. The zero-order valence-corrected chi connectivity index (χ0v) is 15.2. The van der Waals surface area contributed by atoms with Gasteiger partial charge in [-0.2, -0.15) is 0 Å². The second-order valence-electron chi connectivity index (χ2n) is 6.40. The summed E-state index contributed by atoms with van der Waals surface area (Å²) in [4.78, 5) is 24.3. The summed E-state index contributed by atoms with van der Waals surface area (Å²) in [6, 6.07) is 4.07. The Labute approximate surface area is 139 Å². The second kappa shape index (κ2) is 8.46. The summed E-state index contributed by atoms with van der Waals surface area (Å²) < 4.78 is 0. The number of H-pyrrole nitrogens is 1. The van der Waals surface area contributed by atoms with E-state index in [1.807, 2.05) is 26.1 Å². The molecule has 0 fully saturated rings. The molecule has 1 amide bonds. The first-order valence-corrected chi connectivity index (χ1v) is 7.92. The van der Waals surface area contributed by atoms with E-state index in [0.29, 0.717) is 17.5 Å². The van der Waals surface area contributed by atoms with Crippen molar-refractivity contribution in [1.29, 1.82) is 0 Å². The normalized spacial score (nSPS) is 10.5. The second-order valence-corrected chi connectivity index (χ2v) is 6.40. The first-order chi connectivity index (χ1) is 10.7. The number of rotatable bonds is 3. The van der Waals surface area contributed by atoms with E-state index in [0.717, 1.165) is 5.82 Å². The van der Waals surface area contributed by atoms with Crippen molar-refractivity contribution >= 4 is 5.91 Å². The lowest BCUT2D eigenvalue weighted by atomic mass is 10.1. The molecule has 23 heavy (non-hydrogen) atoms. The summed E-state index contributed by atoms with van der Waals surface area (Å²) in [7, 11) is 3.44. The van der Waals surface area contributed by atoms with Crippen molar-refractivity contribution in [3.05, 3.63) is 47.3 Å². The smallest absolute Gasteiger partial charge is 0.271 e. The monoisotopic (exact) mass is 316 g/mol. The van der Waals surface area contributed by atoms with Crippen LogP contribution in [0, 0.1) is 6.92 Å². The molecule has 0 aromatic carbocycles. The topological polar surface area (TPSA) is 61.9 Å². The molecule has 0 atom stereocenters. The Balaban J connectivity index is 0.000000238. The molecule has 0 unspecified atom stereocenters. The van der Waals surface area contributed by atoms with Gasteiger partial charge in [-0.05, 0) is 24.5 Å². The predicted octanol–water partition coefficient (Wildman–Crippen LogP) is 3.75. The highest BCUT2D eigenvalue weighted by Gasteiger charge is 2.12. The maximum atomic E-state index is 11.4. The fraction of sp³-hybridized carbons (Fsp3) is 0.500. The lowest BCUT2D eigenvalue weighted by Gasteiger charge is -2.07. The number of imidazole rings is 1. The fourth-order valence-electron chi connectivity index (χ4n) is 2.08. The van der Waals surface area contributed by atoms with Crippen LogP contribution in [0.1, 0.15) is 67.1 Å². The average Bonchev–Trinajstić information content (AvgIpc) is 2.97. The molecule has 2 heterocycles. The summed E-state index contributed by atoms with van der Waals surface area (Å²) in [6.45, 7) is 10.5. The third kappa shape index (κ3) is 5.51. The van der Waals surface area contributed by atoms with Crippen LogP contribution in [0.4, 0.5) is 0 Å². The van der Waals surface area contributed by atoms with Crippen LogP contribution in [0.3, 0.4) is 0 Å². The van der Waals surface area contributed by atoms with E-state index in [2.05, 4.69) is 41.8 Å². The summed E-state index contributed by atoms with van der Waals surface area (Å²) in [6.07, 6.45) is 3.43. The van der Waals surface area contributed by atoms with E-state index in [1.165, 1.54) is 16.2 Å². The number of hydrogen-bond acceptors (Lipinski definition) is 3. The Morgan fingerprint density at radius 3 is 2.17 bits per heavy atom. The quantitative estimate of drug-likeness (QED) is 0.938. The molecule has 2 rings (SSSR count). The van der Waals surface area contributed by atoms with Crippen molar-refractivity contribution in [2.75, 3.05) is 14.1 Å². The van der Waals surface area contributed by atoms with Crippen molar-refractivity contribution < 1.29 is 4.79 Å². The highest BCUT2D eigenvalue weighted by Crippen LogP contribution is 2.14. The SMILES string of the molecule is CC(C)c1ncc(C(=O)N(C)C)[nH]1.Cc1cccnc1C(C)C. The van der Waals surface area contributed by atoms with Gasteiger partial charge in [0.2, 0.25) is 0 Å². The molecule has 5 heteroatoms. The lowest BCUT2D eigenvalue weighted by molar-refractivity contribution is 0.0822. The molecular formula is C18H28N4O. The van der Waals surface area contributed by atoms with Crippen LogP contribution in [0.5, 0.6) is 0 Å². The van der Waals surface area contributed by atoms with Crippen molar-refractivity contribution in [2.45, 2.75) is 46.5 Å². The van der Waals surface area contributed by atoms with Gasteiger partial charge in [-0.15, -0.1) is 0 Å². The largest absolute Gasteiger partial charge is 0.343 e. The lowest BCUT2D eigenvalue weighted by Crippen LogP contribution is -2.21. The number of nitrogens with one attached hydrogen (secondary N) is 1. The molecular weight excluding hydrogens is 288 g/mol. The van der Waals surface area contributed by atoms with Crippen molar-refractivity contribution in [2.24, 2.45) is 0 Å². The van der Waals surface area contributed by atoms with Gasteiger partial charge in [0.05, 0.1) is 6.20 Å². The summed E-state index contributed by atoms with van der Waals surface area (Å²) in [5.74, 6) is 1.68. The number of amides is 1. The Morgan fingerprint density at radius 1 is 1.13 bits per heavy atom. The number of nitrogens with zero attached hydrogens (tertiary/aromatic N) is 3. The van der Waals surface area contributed by atoms with Gasteiger partial charge in [0.15, 0.2) is 0 Å². The first kappa shape index (κ1) is 18.9. The van der Waals surface area contributed by atoms with Gasteiger partial charge in [-0.1, -0.05) is 33.8 Å². The van der Waals surface area contributed by atoms with Crippen LogP contribution in [0.25, 0.3) is 0 Å². The molecule has 0 spiro atoms. The van der Waals surface area contributed by atoms with E-state index in [1.54, 1.807) is 20.3 Å². The molecule has 0 saturated carbocycles. The molecule has 2 aromatic rings. The Morgan fingerprint density at radius 2 is 1.78 bits per heavy atom. The van der Waals surface area contributed by atoms with Crippen molar-refractivity contribution in [1.82, 2.24) is 19.9 Å². The van der Waals surface area contributed by atoms with Crippen LogP contribution < -0.4 is 0 Å². The molecule has 2 aromatic heterocycles. The predicted molar refractivity (Wildman–Crippen MR) is 93.8 cm³/mol. The highest BCUT2D eigenvalue weighted by atomic mass is 16.2. The van der Waals surface area contributed by atoms with Crippen LogP contribution in [-0.4, -0.2) is 39.9 Å². The van der Waals surface area contributed by atoms with Crippen LogP contribution in [0.15, 0.2) is 24.5 Å². The maximum absolute atomic E-state index is 11.4. The molecule has 0 bridgehead atoms. The highest BCUT2D eigenvalue weighted by molar-refractivity contribution is 5.91. The third-order valence-electron chi connectivity index (χ3n) is 3.38. The van der Waals surface area contributed by atoms with Gasteiger partial charge in [-0.3, -0.25) is 9.78 Å². The van der Waals surface area contributed by atoms with Gasteiger partial charge < -0.3 is 9.88 Å². The van der Waals surface area contributed by atoms with Crippen LogP contribution in [0.2, 0.25) is 0 Å². The minimum atomic E-state index is -0.0422. The van der Waals surface area contributed by atoms with Gasteiger partial charge in [0.1, 0.15) is 11.5 Å². The fourth-order valence-corrected chi connectivity index (χ4v) is 2.08. The molecule has 0 aliphatic heterocycles. The standard InChI is InChI=1S/C9H15N3O.C9H13N/c1-6(2)8-10-5-7(11-8)9(13)12(3)4;1-7(2)9-8(3)5-4-6-10-9/h5-6H,1-4H3,(H,10,11);4-7H,1-3H3. The van der Waals surface area contributed by atoms with Gasteiger partial charge in [0.25, 0.3) is 5.91 Å². The van der Waals surface area contributed by atoms with E-state index < -0.39 is 0 Å². The van der Waals surface area contributed by atoms with Gasteiger partial charge >= 0.3 is 0 Å². The number of carbonyl (C=O) groups is 1. The van der Waals surface area contributed by atoms with Crippen LogP contribution in [-0.2, 0) is 0 Å². The summed E-state index contributed by atoms with van der Waals surface area (Å²) >= 11 is 0. The summed E-state index contributed by atoms with van der Waals surface area (Å²) in [5.41, 5.74) is 3.05. The van der Waals surface area contributed by atoms with Crippen LogP contribution >= 0.6 is 0 Å². The average molecular weight is 316 g/mol. The minimum Gasteiger partial charge on any atom is -0.343 e. The number of hydrogen-bond donors (Lipinski definition) is 1. The van der Waals surface area contributed by atoms with Crippen molar-refractivity contribution in [3.8, 4) is 0 Å². The molecule has 0 aliphatic rings. The molecule has 0 aliphatic carbocycles. The van der Waals surface area contributed by atoms with E-state index in [-0.39, 0.29) is 5.91 Å². The minimum absolute atomic E-state index is 0.0422. The molecule has 0 radical (unpaired) electrons. The number of carbonyl (C=O) groups excluding carboxylic acids is 1. The maximum Gasteiger partial charge on any atom is 0.271 e. The van der Waals surface area contributed by atoms with E-state index in [9.17, 15) is 4.79 Å². The molecule has 0 saturated heterocycles. The summed E-state index contributed by atoms with van der Waals surface area (Å²) in [5, 5.41) is 0. The van der Waals surface area contributed by atoms with Crippen molar-refractivity contribution in [3.63, 3.8) is 0 Å². The zero-order valence-electron chi connectivity index (χ0n) is 15.2. The zero-order chi connectivity index (χ0) is 17.6. The number of aromatic amines is 1. The third-order valence-corrected chi connectivity index (χ3v) is 3.38. The molecule has 126 valence electrons. The van der Waals surface area contributed by atoms with Gasteiger partial charge in [0, 0.05) is 31.9 Å². The molecule has 5 nitrogen and oxygen atoms in total. The van der Waals surface area contributed by atoms with Gasteiger partial charge in [-0.25, -0.2) is 4.98 Å². The number of aryl methyl sites for hydroxylation is 1. The molecule has 1 N–H and O–H groups in total. The van der Waals surface area contributed by atoms with E-state index >= 15 is 0 Å². The Hall–Kier alpha value is -2.17. The number of aromatic nitrogens is 3. The number of pyridine rings is 1. The Kier molecular flexibility index (Phi) is 6.94. The first-order valence-electron chi connectivity index (χ1n) is 7.92. The van der Waals surface area contributed by atoms with E-state index in [4.69, 9.17) is 0 Å².